The van der Waals surface area contributed by atoms with Crippen molar-refractivity contribution in [3.05, 3.63) is 83.9 Å². The van der Waals surface area contributed by atoms with Gasteiger partial charge in [0.05, 0.1) is 16.3 Å². The van der Waals surface area contributed by atoms with E-state index < -0.39 is 5.82 Å². The van der Waals surface area contributed by atoms with E-state index in [2.05, 4.69) is 44.5 Å². The molecule has 2 aromatic carbocycles. The molecule has 0 bridgehead atoms. The Balaban J connectivity index is 1.47. The van der Waals surface area contributed by atoms with E-state index in [0.29, 0.717) is 22.6 Å². The molecule has 0 spiro atoms. The quantitative estimate of drug-likeness (QED) is 0.364. The molecule has 1 aliphatic rings. The van der Waals surface area contributed by atoms with E-state index >= 15 is 4.39 Å². The second-order valence-electron chi connectivity index (χ2n) is 8.63. The first-order valence-electron chi connectivity index (χ1n) is 11.7. The largest absolute Gasteiger partial charge is 0.383 e. The molecule has 7 nitrogen and oxygen atoms in total. The van der Waals surface area contributed by atoms with E-state index in [9.17, 15) is 0 Å². The predicted octanol–water partition coefficient (Wildman–Crippen LogP) is 4.93. The molecule has 180 valence electrons. The lowest BCUT2D eigenvalue weighted by Crippen LogP contribution is -2.43. The summed E-state index contributed by atoms with van der Waals surface area (Å²) in [5.74, 6) is 0.167. The number of nitrogens with zero attached hydrogens (tertiary/aromatic N) is 5. The Kier molecular flexibility index (Phi) is 5.75. The van der Waals surface area contributed by atoms with Crippen LogP contribution in [-0.4, -0.2) is 45.7 Å². The van der Waals surface area contributed by atoms with Crippen molar-refractivity contribution in [2.45, 2.75) is 0 Å². The molecule has 5 aromatic rings. The second-order valence-corrected chi connectivity index (χ2v) is 9.04. The maximum atomic E-state index is 15.2. The molecular weight excluding hydrogens is 477 g/mol. The summed E-state index contributed by atoms with van der Waals surface area (Å²) in [5.41, 5.74) is 11.3. The first kappa shape index (κ1) is 22.5. The molecule has 9 heteroatoms. The third kappa shape index (κ3) is 3.94. The zero-order chi connectivity index (χ0) is 24.6. The van der Waals surface area contributed by atoms with Crippen LogP contribution in [0.25, 0.3) is 39.4 Å². The number of piperazine rings is 1. The van der Waals surface area contributed by atoms with Crippen molar-refractivity contribution < 1.29 is 4.39 Å². The fourth-order valence-electron chi connectivity index (χ4n) is 4.59. The number of benzene rings is 2. The number of nitrogens with two attached hydrogens (primary N) is 1. The third-order valence-corrected chi connectivity index (χ3v) is 6.72. The number of imidazole rings is 1. The van der Waals surface area contributed by atoms with Crippen LogP contribution in [0.4, 0.5) is 15.9 Å². The van der Waals surface area contributed by atoms with Crippen LogP contribution in [0, 0.1) is 5.82 Å². The number of fused-ring (bicyclic) bond motifs is 1. The Labute approximate surface area is 212 Å². The van der Waals surface area contributed by atoms with Gasteiger partial charge in [-0.05, 0) is 48.0 Å². The van der Waals surface area contributed by atoms with Gasteiger partial charge in [-0.15, -0.1) is 0 Å². The van der Waals surface area contributed by atoms with Crippen LogP contribution in [0.5, 0.6) is 0 Å². The molecule has 0 atom stereocenters. The summed E-state index contributed by atoms with van der Waals surface area (Å²) >= 11 is 6.11. The van der Waals surface area contributed by atoms with Gasteiger partial charge in [-0.2, -0.15) is 0 Å². The molecule has 1 saturated heterocycles. The molecule has 1 fully saturated rings. The van der Waals surface area contributed by atoms with Crippen molar-refractivity contribution in [2.24, 2.45) is 0 Å². The molecule has 1 aliphatic heterocycles. The molecule has 3 aromatic heterocycles. The van der Waals surface area contributed by atoms with Gasteiger partial charge in [0.25, 0.3) is 0 Å². The zero-order valence-corrected chi connectivity index (χ0v) is 20.1. The van der Waals surface area contributed by atoms with Gasteiger partial charge in [-0.25, -0.2) is 19.3 Å². The lowest BCUT2D eigenvalue weighted by molar-refractivity contribution is 0.589. The molecule has 36 heavy (non-hydrogen) atoms. The minimum atomic E-state index is -0.559. The number of anilines is 2. The van der Waals surface area contributed by atoms with Gasteiger partial charge in [-0.3, -0.25) is 4.57 Å². The molecular formula is C27H23ClFN7. The number of hydrogen-bond donors (Lipinski definition) is 2. The average Bonchev–Trinajstić information content (AvgIpc) is 3.30. The summed E-state index contributed by atoms with van der Waals surface area (Å²) in [7, 11) is 0. The normalized spacial score (nSPS) is 13.9. The maximum Gasteiger partial charge on any atom is 0.165 e. The molecule has 0 aliphatic carbocycles. The van der Waals surface area contributed by atoms with Crippen LogP contribution in [-0.2, 0) is 0 Å². The topological polar surface area (TPSA) is 84.9 Å². The van der Waals surface area contributed by atoms with Crippen molar-refractivity contribution >= 4 is 34.3 Å². The fourth-order valence-corrected chi connectivity index (χ4v) is 4.76. The third-order valence-electron chi connectivity index (χ3n) is 6.43. The first-order chi connectivity index (χ1) is 17.6. The number of halogens is 2. The summed E-state index contributed by atoms with van der Waals surface area (Å²) in [6.07, 6.45) is 3.38. The van der Waals surface area contributed by atoms with Gasteiger partial charge in [0.1, 0.15) is 11.3 Å². The van der Waals surface area contributed by atoms with Crippen molar-refractivity contribution in [2.75, 3.05) is 36.8 Å². The Morgan fingerprint density at radius 1 is 0.944 bits per heavy atom. The summed E-state index contributed by atoms with van der Waals surface area (Å²) in [6.45, 7) is 3.93. The van der Waals surface area contributed by atoms with Crippen LogP contribution in [0.1, 0.15) is 0 Å². The SMILES string of the molecule is Nc1ncc(-c2ccc(N3CCNCC3)cc2)cc1-c1nc2cccnc2n1-c1cccc(Cl)c1F. The van der Waals surface area contributed by atoms with E-state index in [4.69, 9.17) is 22.3 Å². The van der Waals surface area contributed by atoms with E-state index in [1.165, 1.54) is 11.8 Å². The molecule has 0 saturated carbocycles. The highest BCUT2D eigenvalue weighted by molar-refractivity contribution is 6.30. The molecule has 6 rings (SSSR count). The van der Waals surface area contributed by atoms with Crippen molar-refractivity contribution in [3.63, 3.8) is 0 Å². The maximum absolute atomic E-state index is 15.2. The monoisotopic (exact) mass is 499 g/mol. The van der Waals surface area contributed by atoms with Gasteiger partial charge < -0.3 is 16.0 Å². The molecule has 4 heterocycles. The number of pyridine rings is 2. The fraction of sp³-hybridized carbons (Fsp3) is 0.148. The summed E-state index contributed by atoms with van der Waals surface area (Å²) < 4.78 is 16.8. The molecule has 0 amide bonds. The predicted molar refractivity (Wildman–Crippen MR) is 142 cm³/mol. The second kappa shape index (κ2) is 9.22. The number of nitrogens with one attached hydrogen (secondary N) is 1. The minimum absolute atomic E-state index is 0.0145. The Morgan fingerprint density at radius 2 is 1.75 bits per heavy atom. The van der Waals surface area contributed by atoms with Crippen LogP contribution >= 0.6 is 11.6 Å². The Bertz CT molecular complexity index is 1560. The first-order valence-corrected chi connectivity index (χ1v) is 12.1. The lowest BCUT2D eigenvalue weighted by Gasteiger charge is -2.29. The van der Waals surface area contributed by atoms with Crippen molar-refractivity contribution in [3.8, 4) is 28.2 Å². The average molecular weight is 500 g/mol. The van der Waals surface area contributed by atoms with Gasteiger partial charge >= 0.3 is 0 Å². The number of rotatable bonds is 4. The van der Waals surface area contributed by atoms with E-state index in [1.807, 2.05) is 12.1 Å². The van der Waals surface area contributed by atoms with Gasteiger partial charge in [0.15, 0.2) is 17.3 Å². The summed E-state index contributed by atoms with van der Waals surface area (Å²) in [5, 5.41) is 3.39. The van der Waals surface area contributed by atoms with E-state index in [-0.39, 0.29) is 16.5 Å². The van der Waals surface area contributed by atoms with E-state index in [0.717, 1.165) is 37.3 Å². The van der Waals surface area contributed by atoms with Crippen molar-refractivity contribution in [1.82, 2.24) is 24.8 Å². The van der Waals surface area contributed by atoms with Gasteiger partial charge in [0, 0.05) is 49.8 Å². The molecule has 0 radical (unpaired) electrons. The van der Waals surface area contributed by atoms with Crippen molar-refractivity contribution in [1.29, 1.82) is 0 Å². The van der Waals surface area contributed by atoms with Crippen LogP contribution in [0.15, 0.2) is 73.1 Å². The Hall–Kier alpha value is -4.01. The van der Waals surface area contributed by atoms with E-state index in [1.54, 1.807) is 35.2 Å². The van der Waals surface area contributed by atoms with Gasteiger partial charge in [0.2, 0.25) is 0 Å². The lowest BCUT2D eigenvalue weighted by atomic mass is 10.0. The van der Waals surface area contributed by atoms with Crippen LogP contribution in [0.3, 0.4) is 0 Å². The number of aromatic nitrogens is 4. The Morgan fingerprint density at radius 3 is 2.56 bits per heavy atom. The molecule has 3 N–H and O–H groups in total. The highest BCUT2D eigenvalue weighted by Crippen LogP contribution is 2.35. The highest BCUT2D eigenvalue weighted by atomic mass is 35.5. The minimum Gasteiger partial charge on any atom is -0.383 e. The standard InChI is InChI=1S/C27H23ClFN7/c28-21-3-1-5-23(24(21)29)36-26(34-22-4-2-10-32-27(22)36)20-15-18(16-33-25(20)30)17-6-8-19(9-7-17)35-13-11-31-12-14-35/h1-10,15-16,31H,11-14H2,(H2,30,33). The molecule has 0 unspecified atom stereocenters. The highest BCUT2D eigenvalue weighted by Gasteiger charge is 2.21. The summed E-state index contributed by atoms with van der Waals surface area (Å²) in [4.78, 5) is 16.0. The number of hydrogen-bond acceptors (Lipinski definition) is 6. The van der Waals surface area contributed by atoms with Crippen LogP contribution < -0.4 is 16.0 Å². The summed E-state index contributed by atoms with van der Waals surface area (Å²) in [6, 6.07) is 18.8. The van der Waals surface area contributed by atoms with Gasteiger partial charge in [-0.1, -0.05) is 29.8 Å². The number of nitrogen functional groups attached to an aromatic ring is 1. The van der Waals surface area contributed by atoms with Crippen LogP contribution in [0.2, 0.25) is 5.02 Å². The zero-order valence-electron chi connectivity index (χ0n) is 19.3. The smallest absolute Gasteiger partial charge is 0.165 e.